The van der Waals surface area contributed by atoms with Crippen LogP contribution in [0.5, 0.6) is 0 Å². The average molecular weight is 245 g/mol. The van der Waals surface area contributed by atoms with Crippen molar-refractivity contribution in [3.63, 3.8) is 0 Å². The van der Waals surface area contributed by atoms with Crippen LogP contribution in [0.25, 0.3) is 0 Å². The summed E-state index contributed by atoms with van der Waals surface area (Å²) in [5.41, 5.74) is 8.97. The number of aryl methyl sites for hydroxylation is 1. The van der Waals surface area contributed by atoms with E-state index in [9.17, 15) is 0 Å². The quantitative estimate of drug-likeness (QED) is 0.833. The summed E-state index contributed by atoms with van der Waals surface area (Å²) >= 11 is 0. The summed E-state index contributed by atoms with van der Waals surface area (Å²) in [5.74, 6) is 0. The third-order valence-electron chi connectivity index (χ3n) is 3.03. The molecule has 18 heavy (non-hydrogen) atoms. The molecule has 0 aliphatic carbocycles. The van der Waals surface area contributed by atoms with Crippen LogP contribution in [0.15, 0.2) is 31.0 Å². The fourth-order valence-corrected chi connectivity index (χ4v) is 2.06. The molecule has 1 unspecified atom stereocenters. The van der Waals surface area contributed by atoms with Crippen LogP contribution in [-0.2, 0) is 13.5 Å². The van der Waals surface area contributed by atoms with Crippen molar-refractivity contribution < 1.29 is 0 Å². The van der Waals surface area contributed by atoms with Crippen molar-refractivity contribution in [1.82, 2.24) is 19.9 Å². The number of imidazole rings is 1. The predicted octanol–water partition coefficient (Wildman–Crippen LogP) is 1.29. The van der Waals surface area contributed by atoms with E-state index in [1.807, 2.05) is 36.4 Å². The first-order chi connectivity index (χ1) is 8.72. The smallest absolute Gasteiger partial charge is 0.0946 e. The van der Waals surface area contributed by atoms with E-state index in [0.717, 1.165) is 29.9 Å². The van der Waals surface area contributed by atoms with Gasteiger partial charge in [0.15, 0.2) is 0 Å². The Bertz CT molecular complexity index is 506. The summed E-state index contributed by atoms with van der Waals surface area (Å²) in [6.45, 7) is 2.99. The Kier molecular flexibility index (Phi) is 3.94. The van der Waals surface area contributed by atoms with Gasteiger partial charge in [0.25, 0.3) is 0 Å². The van der Waals surface area contributed by atoms with E-state index in [4.69, 9.17) is 5.73 Å². The molecule has 0 aliphatic heterocycles. The Morgan fingerprint density at radius 3 is 2.83 bits per heavy atom. The molecule has 2 rings (SSSR count). The van der Waals surface area contributed by atoms with Crippen molar-refractivity contribution in [3.8, 4) is 0 Å². The van der Waals surface area contributed by atoms with Gasteiger partial charge < -0.3 is 15.6 Å². The molecule has 2 heterocycles. The molecule has 0 bridgehead atoms. The van der Waals surface area contributed by atoms with Crippen LogP contribution in [0.2, 0.25) is 0 Å². The fourth-order valence-electron chi connectivity index (χ4n) is 2.06. The molecule has 0 saturated carbocycles. The third kappa shape index (κ3) is 2.68. The largest absolute Gasteiger partial charge is 0.398 e. The van der Waals surface area contributed by atoms with E-state index in [-0.39, 0.29) is 6.04 Å². The fraction of sp³-hybridized carbons (Fsp3) is 0.385. The van der Waals surface area contributed by atoms with Gasteiger partial charge in [-0.25, -0.2) is 4.98 Å². The van der Waals surface area contributed by atoms with Gasteiger partial charge in [-0.2, -0.15) is 0 Å². The molecule has 0 spiro atoms. The predicted molar refractivity (Wildman–Crippen MR) is 72.0 cm³/mol. The Balaban J connectivity index is 2.22. The van der Waals surface area contributed by atoms with Crippen molar-refractivity contribution in [2.24, 2.45) is 7.05 Å². The molecule has 2 aromatic heterocycles. The summed E-state index contributed by atoms with van der Waals surface area (Å²) in [7, 11) is 2.00. The number of nitrogen functional groups attached to an aromatic ring is 1. The van der Waals surface area contributed by atoms with Crippen LogP contribution in [0.1, 0.15) is 24.2 Å². The molecule has 5 nitrogen and oxygen atoms in total. The monoisotopic (exact) mass is 245 g/mol. The van der Waals surface area contributed by atoms with Crippen LogP contribution in [0.4, 0.5) is 5.69 Å². The molecule has 0 radical (unpaired) electrons. The van der Waals surface area contributed by atoms with Gasteiger partial charge in [0.05, 0.1) is 18.1 Å². The second kappa shape index (κ2) is 5.64. The van der Waals surface area contributed by atoms with Gasteiger partial charge in [0.1, 0.15) is 0 Å². The summed E-state index contributed by atoms with van der Waals surface area (Å²) in [6, 6.07) is 2.04. The van der Waals surface area contributed by atoms with E-state index >= 15 is 0 Å². The molecule has 5 heteroatoms. The lowest BCUT2D eigenvalue weighted by Gasteiger charge is -2.19. The van der Waals surface area contributed by atoms with E-state index in [2.05, 4.69) is 22.2 Å². The minimum absolute atomic E-state index is 0.203. The minimum Gasteiger partial charge on any atom is -0.398 e. The number of likely N-dealkylation sites (N-methyl/N-ethyl adjacent to an activating group) is 1. The lowest BCUT2D eigenvalue weighted by Crippen LogP contribution is -2.25. The van der Waals surface area contributed by atoms with E-state index in [0.29, 0.717) is 0 Å². The van der Waals surface area contributed by atoms with Crippen LogP contribution >= 0.6 is 0 Å². The molecule has 96 valence electrons. The highest BCUT2D eigenvalue weighted by molar-refractivity contribution is 5.45. The number of hydrogen-bond donors (Lipinski definition) is 2. The first-order valence-electron chi connectivity index (χ1n) is 6.10. The third-order valence-corrected chi connectivity index (χ3v) is 3.03. The zero-order valence-corrected chi connectivity index (χ0v) is 10.8. The van der Waals surface area contributed by atoms with Gasteiger partial charge in [-0.15, -0.1) is 0 Å². The Labute approximate surface area is 107 Å². The first-order valence-corrected chi connectivity index (χ1v) is 6.10. The Hall–Kier alpha value is -1.88. The summed E-state index contributed by atoms with van der Waals surface area (Å²) in [6.07, 6.45) is 8.06. The van der Waals surface area contributed by atoms with Crippen molar-refractivity contribution in [1.29, 1.82) is 0 Å². The summed E-state index contributed by atoms with van der Waals surface area (Å²) in [4.78, 5) is 8.30. The van der Waals surface area contributed by atoms with E-state index in [1.165, 1.54) is 0 Å². The van der Waals surface area contributed by atoms with E-state index < -0.39 is 0 Å². The lowest BCUT2D eigenvalue weighted by molar-refractivity contribution is 0.520. The number of hydrogen-bond acceptors (Lipinski definition) is 4. The standard InChI is InChI=1S/C13H19N5/c1-3-17-12(13-8-16-9-18(13)2)6-10-7-15-5-4-11(10)14/h4-5,7-9,12,17H,3,6H2,1-2H3,(H2,14,15). The number of pyridine rings is 1. The molecule has 0 saturated heterocycles. The second-order valence-corrected chi connectivity index (χ2v) is 4.32. The molecule has 3 N–H and O–H groups in total. The van der Waals surface area contributed by atoms with Crippen LogP contribution in [0, 0.1) is 0 Å². The first kappa shape index (κ1) is 12.6. The van der Waals surface area contributed by atoms with Crippen molar-refractivity contribution >= 4 is 5.69 Å². The van der Waals surface area contributed by atoms with Gasteiger partial charge >= 0.3 is 0 Å². The highest BCUT2D eigenvalue weighted by Crippen LogP contribution is 2.20. The maximum absolute atomic E-state index is 5.97. The normalized spacial score (nSPS) is 12.6. The van der Waals surface area contributed by atoms with Crippen molar-refractivity contribution in [3.05, 3.63) is 42.2 Å². The van der Waals surface area contributed by atoms with Crippen LogP contribution in [-0.4, -0.2) is 21.1 Å². The van der Waals surface area contributed by atoms with Crippen LogP contribution in [0.3, 0.4) is 0 Å². The molecule has 0 aromatic carbocycles. The molecule has 1 atom stereocenters. The molecule has 2 aromatic rings. The minimum atomic E-state index is 0.203. The zero-order valence-electron chi connectivity index (χ0n) is 10.8. The molecule has 0 fully saturated rings. The highest BCUT2D eigenvalue weighted by atomic mass is 15.1. The Morgan fingerprint density at radius 2 is 2.22 bits per heavy atom. The van der Waals surface area contributed by atoms with Gasteiger partial charge in [0.2, 0.25) is 0 Å². The topological polar surface area (TPSA) is 68.8 Å². The van der Waals surface area contributed by atoms with Gasteiger partial charge in [-0.1, -0.05) is 6.92 Å². The van der Waals surface area contributed by atoms with Crippen molar-refractivity contribution in [2.75, 3.05) is 12.3 Å². The summed E-state index contributed by atoms with van der Waals surface area (Å²) < 4.78 is 2.03. The maximum atomic E-state index is 5.97. The van der Waals surface area contributed by atoms with E-state index in [1.54, 1.807) is 6.20 Å². The average Bonchev–Trinajstić information content (AvgIpc) is 2.78. The number of nitrogens with zero attached hydrogens (tertiary/aromatic N) is 3. The van der Waals surface area contributed by atoms with Gasteiger partial charge in [-0.05, 0) is 24.6 Å². The highest BCUT2D eigenvalue weighted by Gasteiger charge is 2.15. The molecular formula is C13H19N5. The Morgan fingerprint density at radius 1 is 1.39 bits per heavy atom. The van der Waals surface area contributed by atoms with Gasteiger partial charge in [0, 0.05) is 31.3 Å². The van der Waals surface area contributed by atoms with Crippen molar-refractivity contribution in [2.45, 2.75) is 19.4 Å². The molecule has 0 amide bonds. The number of nitrogens with one attached hydrogen (secondary N) is 1. The summed E-state index contributed by atoms with van der Waals surface area (Å²) in [5, 5.41) is 3.46. The zero-order chi connectivity index (χ0) is 13.0. The maximum Gasteiger partial charge on any atom is 0.0946 e. The number of rotatable bonds is 5. The number of nitrogens with two attached hydrogens (primary N) is 1. The number of anilines is 1. The molecular weight excluding hydrogens is 226 g/mol. The van der Waals surface area contributed by atoms with Gasteiger partial charge in [-0.3, -0.25) is 4.98 Å². The molecule has 0 aliphatic rings. The lowest BCUT2D eigenvalue weighted by atomic mass is 10.0. The SMILES string of the molecule is CCNC(Cc1cnccc1N)c1cncn1C. The number of aromatic nitrogens is 3. The van der Waals surface area contributed by atoms with Crippen LogP contribution < -0.4 is 11.1 Å². The second-order valence-electron chi connectivity index (χ2n) is 4.32.